The molecule has 2 aromatic heterocycles. The van der Waals surface area contributed by atoms with Crippen molar-refractivity contribution in [1.82, 2.24) is 9.78 Å². The molecule has 0 saturated heterocycles. The van der Waals surface area contributed by atoms with Crippen molar-refractivity contribution < 1.29 is 9.21 Å². The van der Waals surface area contributed by atoms with Gasteiger partial charge in [0.15, 0.2) is 5.76 Å². The van der Waals surface area contributed by atoms with E-state index in [1.165, 1.54) is 6.26 Å². The van der Waals surface area contributed by atoms with Crippen LogP contribution >= 0.6 is 0 Å². The van der Waals surface area contributed by atoms with Crippen molar-refractivity contribution in [3.63, 3.8) is 0 Å². The number of hydrogen-bond donors (Lipinski definition) is 1. The van der Waals surface area contributed by atoms with Crippen LogP contribution in [0.4, 0.5) is 5.69 Å². The van der Waals surface area contributed by atoms with Gasteiger partial charge in [0.2, 0.25) is 0 Å². The highest BCUT2D eigenvalue weighted by Crippen LogP contribution is 2.23. The molecule has 0 fully saturated rings. The van der Waals surface area contributed by atoms with Crippen LogP contribution in [-0.4, -0.2) is 15.7 Å². The van der Waals surface area contributed by atoms with Crippen molar-refractivity contribution in [2.45, 2.75) is 33.7 Å². The number of rotatable bonds is 3. The molecule has 0 bridgehead atoms. The van der Waals surface area contributed by atoms with Gasteiger partial charge in [0.25, 0.3) is 5.91 Å². The molecule has 1 amide bonds. The highest BCUT2D eigenvalue weighted by atomic mass is 16.3. The Balaban J connectivity index is 2.27. The second-order valence-electron chi connectivity index (χ2n) is 4.52. The van der Waals surface area contributed by atoms with Gasteiger partial charge in [-0.2, -0.15) is 5.10 Å². The number of anilines is 1. The van der Waals surface area contributed by atoms with Crippen molar-refractivity contribution in [3.05, 3.63) is 35.5 Å². The van der Waals surface area contributed by atoms with Crippen LogP contribution in [-0.2, 0) is 0 Å². The van der Waals surface area contributed by atoms with Gasteiger partial charge in [-0.1, -0.05) is 0 Å². The Labute approximate surface area is 106 Å². The summed E-state index contributed by atoms with van der Waals surface area (Å²) in [5.41, 5.74) is 2.51. The first-order chi connectivity index (χ1) is 8.50. The zero-order valence-electron chi connectivity index (χ0n) is 11.0. The molecule has 18 heavy (non-hydrogen) atoms. The SMILES string of the molecule is Cc1nn(C(C)C)c(C)c1NC(=O)c1ccco1. The minimum atomic E-state index is -0.255. The van der Waals surface area contributed by atoms with Gasteiger partial charge >= 0.3 is 0 Å². The van der Waals surface area contributed by atoms with E-state index in [0.29, 0.717) is 5.76 Å². The zero-order chi connectivity index (χ0) is 13.3. The van der Waals surface area contributed by atoms with Crippen molar-refractivity contribution in [3.8, 4) is 0 Å². The molecule has 96 valence electrons. The maximum atomic E-state index is 11.9. The number of amides is 1. The lowest BCUT2D eigenvalue weighted by Crippen LogP contribution is -2.12. The predicted octanol–water partition coefficient (Wildman–Crippen LogP) is 2.93. The van der Waals surface area contributed by atoms with Gasteiger partial charge in [0.1, 0.15) is 0 Å². The molecule has 0 atom stereocenters. The standard InChI is InChI=1S/C13H17N3O2/c1-8(2)16-10(4)12(9(3)15-16)14-13(17)11-6-5-7-18-11/h5-8H,1-4H3,(H,14,17). The minimum absolute atomic E-state index is 0.255. The molecule has 0 aliphatic rings. The Morgan fingerprint density at radius 1 is 1.44 bits per heavy atom. The highest BCUT2D eigenvalue weighted by molar-refractivity contribution is 6.02. The molecular formula is C13H17N3O2. The fraction of sp³-hybridized carbons (Fsp3) is 0.385. The average molecular weight is 247 g/mol. The number of nitrogens with one attached hydrogen (secondary N) is 1. The van der Waals surface area contributed by atoms with E-state index >= 15 is 0 Å². The van der Waals surface area contributed by atoms with Gasteiger partial charge in [0, 0.05) is 6.04 Å². The van der Waals surface area contributed by atoms with Crippen molar-refractivity contribution in [1.29, 1.82) is 0 Å². The van der Waals surface area contributed by atoms with Crippen molar-refractivity contribution in [2.24, 2.45) is 0 Å². The smallest absolute Gasteiger partial charge is 0.291 e. The van der Waals surface area contributed by atoms with Crippen LogP contribution in [0, 0.1) is 13.8 Å². The monoisotopic (exact) mass is 247 g/mol. The van der Waals surface area contributed by atoms with Crippen LogP contribution in [0.15, 0.2) is 22.8 Å². The van der Waals surface area contributed by atoms with Crippen LogP contribution in [0.25, 0.3) is 0 Å². The predicted molar refractivity (Wildman–Crippen MR) is 68.7 cm³/mol. The summed E-state index contributed by atoms with van der Waals surface area (Å²) in [7, 11) is 0. The molecular weight excluding hydrogens is 230 g/mol. The third kappa shape index (κ3) is 2.16. The van der Waals surface area contributed by atoms with E-state index in [2.05, 4.69) is 24.3 Å². The van der Waals surface area contributed by atoms with Gasteiger partial charge in [-0.05, 0) is 39.8 Å². The largest absolute Gasteiger partial charge is 0.459 e. The van der Waals surface area contributed by atoms with Crippen molar-refractivity contribution in [2.75, 3.05) is 5.32 Å². The molecule has 0 saturated carbocycles. The molecule has 2 aromatic rings. The number of aromatic nitrogens is 2. The summed E-state index contributed by atoms with van der Waals surface area (Å²) in [6, 6.07) is 3.58. The third-order valence-electron chi connectivity index (χ3n) is 2.80. The topological polar surface area (TPSA) is 60.1 Å². The first-order valence-corrected chi connectivity index (χ1v) is 5.91. The summed E-state index contributed by atoms with van der Waals surface area (Å²) >= 11 is 0. The number of nitrogens with zero attached hydrogens (tertiary/aromatic N) is 2. The van der Waals surface area contributed by atoms with E-state index in [0.717, 1.165) is 17.1 Å². The van der Waals surface area contributed by atoms with Crippen LogP contribution < -0.4 is 5.32 Å². The summed E-state index contributed by atoms with van der Waals surface area (Å²) < 4.78 is 6.96. The lowest BCUT2D eigenvalue weighted by molar-refractivity contribution is 0.0996. The third-order valence-corrected chi connectivity index (χ3v) is 2.80. The summed E-state index contributed by atoms with van der Waals surface area (Å²) in [5.74, 6) is 0.0422. The first kappa shape index (κ1) is 12.4. The summed E-state index contributed by atoms with van der Waals surface area (Å²) in [6.07, 6.45) is 1.48. The number of carbonyl (C=O) groups excluding carboxylic acids is 1. The first-order valence-electron chi connectivity index (χ1n) is 5.91. The second kappa shape index (κ2) is 4.68. The van der Waals surface area contributed by atoms with E-state index in [4.69, 9.17) is 4.42 Å². The molecule has 0 unspecified atom stereocenters. The highest BCUT2D eigenvalue weighted by Gasteiger charge is 2.17. The van der Waals surface area contributed by atoms with E-state index in [1.807, 2.05) is 18.5 Å². The van der Waals surface area contributed by atoms with E-state index in [9.17, 15) is 4.79 Å². The Bertz CT molecular complexity index is 553. The Hall–Kier alpha value is -2.04. The molecule has 0 radical (unpaired) electrons. The maximum Gasteiger partial charge on any atom is 0.291 e. The van der Waals surface area contributed by atoms with E-state index in [1.54, 1.807) is 12.1 Å². The van der Waals surface area contributed by atoms with Gasteiger partial charge < -0.3 is 9.73 Å². The van der Waals surface area contributed by atoms with Gasteiger partial charge in [-0.15, -0.1) is 0 Å². The Morgan fingerprint density at radius 3 is 2.67 bits per heavy atom. The summed E-state index contributed by atoms with van der Waals surface area (Å²) in [6.45, 7) is 7.93. The lowest BCUT2D eigenvalue weighted by atomic mass is 10.3. The lowest BCUT2D eigenvalue weighted by Gasteiger charge is -2.08. The van der Waals surface area contributed by atoms with Gasteiger partial charge in [0.05, 0.1) is 23.3 Å². The molecule has 0 aliphatic heterocycles. The molecule has 5 heteroatoms. The molecule has 0 aliphatic carbocycles. The second-order valence-corrected chi connectivity index (χ2v) is 4.52. The van der Waals surface area contributed by atoms with E-state index < -0.39 is 0 Å². The number of carbonyl (C=O) groups is 1. The molecule has 1 N–H and O–H groups in total. The maximum absolute atomic E-state index is 11.9. The number of furan rings is 1. The molecule has 0 aromatic carbocycles. The molecule has 2 rings (SSSR count). The minimum Gasteiger partial charge on any atom is -0.459 e. The van der Waals surface area contributed by atoms with Crippen molar-refractivity contribution >= 4 is 11.6 Å². The fourth-order valence-corrected chi connectivity index (χ4v) is 1.93. The number of hydrogen-bond acceptors (Lipinski definition) is 3. The summed E-state index contributed by atoms with van der Waals surface area (Å²) in [4.78, 5) is 11.9. The number of aryl methyl sites for hydroxylation is 1. The molecule has 0 spiro atoms. The van der Waals surface area contributed by atoms with Crippen LogP contribution in [0.2, 0.25) is 0 Å². The van der Waals surface area contributed by atoms with Crippen LogP contribution in [0.3, 0.4) is 0 Å². The zero-order valence-corrected chi connectivity index (χ0v) is 11.0. The Morgan fingerprint density at radius 2 is 2.17 bits per heavy atom. The quantitative estimate of drug-likeness (QED) is 0.907. The molecule has 5 nitrogen and oxygen atoms in total. The van der Waals surface area contributed by atoms with Gasteiger partial charge in [-0.25, -0.2) is 0 Å². The Kier molecular flexibility index (Phi) is 3.23. The molecule has 2 heterocycles. The van der Waals surface area contributed by atoms with E-state index in [-0.39, 0.29) is 11.9 Å². The fourth-order valence-electron chi connectivity index (χ4n) is 1.93. The normalized spacial score (nSPS) is 10.9. The average Bonchev–Trinajstić information content (AvgIpc) is 2.92. The van der Waals surface area contributed by atoms with Gasteiger partial charge in [-0.3, -0.25) is 9.48 Å². The summed E-state index contributed by atoms with van der Waals surface area (Å²) in [5, 5.41) is 7.26. The van der Waals surface area contributed by atoms with Crippen LogP contribution in [0.5, 0.6) is 0 Å². The van der Waals surface area contributed by atoms with Crippen LogP contribution in [0.1, 0.15) is 41.8 Å².